The third-order valence-electron chi connectivity index (χ3n) is 0.667. The molecular formula is C2H4B2. The van der Waals surface area contributed by atoms with E-state index in [1.807, 2.05) is 0 Å². The summed E-state index contributed by atoms with van der Waals surface area (Å²) in [6.07, 6.45) is 2.64. The van der Waals surface area contributed by atoms with Crippen molar-refractivity contribution < 1.29 is 0 Å². The summed E-state index contributed by atoms with van der Waals surface area (Å²) >= 11 is 0. The van der Waals surface area contributed by atoms with E-state index < -0.39 is 0 Å². The van der Waals surface area contributed by atoms with E-state index in [4.69, 9.17) is 0 Å². The first-order chi connectivity index (χ1) is 2.00. The molecule has 1 aliphatic rings. The van der Waals surface area contributed by atoms with Crippen LogP contribution in [0.1, 0.15) is 0 Å². The normalized spacial score (nSPS) is 16.0. The molecule has 0 aliphatic carbocycles. The minimum absolute atomic E-state index is 1.32. The summed E-state index contributed by atoms with van der Waals surface area (Å²) in [6.45, 7) is 4.36. The van der Waals surface area contributed by atoms with Crippen molar-refractivity contribution in [3.05, 3.63) is 0 Å². The molecule has 0 saturated heterocycles. The van der Waals surface area contributed by atoms with Gasteiger partial charge in [-0.2, -0.15) is 0 Å². The van der Waals surface area contributed by atoms with Crippen LogP contribution < -0.4 is 0 Å². The Balaban J connectivity index is 2.47. The van der Waals surface area contributed by atoms with Gasteiger partial charge in [-0.1, -0.05) is 0 Å². The first-order valence-electron chi connectivity index (χ1n) is 1.65. The average molecular weight is 49.7 g/mol. The molecule has 0 bridgehead atoms. The summed E-state index contributed by atoms with van der Waals surface area (Å²) in [6, 6.07) is 0. The molecule has 0 nitrogen and oxygen atoms in total. The molecule has 2 heteroatoms. The zero-order valence-corrected chi connectivity index (χ0v) is 2.57. The fraction of sp³-hybridized carbons (Fsp3) is 1.00. The Morgan fingerprint density at radius 2 is 1.25 bits per heavy atom. The number of rotatable bonds is 0. The SMILES string of the molecule is B1=BCC1. The summed E-state index contributed by atoms with van der Waals surface area (Å²) in [5.74, 6) is 0. The minimum atomic E-state index is 1.32. The van der Waals surface area contributed by atoms with Crippen molar-refractivity contribution in [3.63, 3.8) is 0 Å². The predicted octanol–water partition coefficient (Wildman–Crippen LogP) is 0.160. The fourth-order valence-corrected chi connectivity index (χ4v) is 0.167. The Morgan fingerprint density at radius 1 is 1.00 bits per heavy atom. The molecule has 0 aromatic heterocycles. The molecule has 4 heavy (non-hydrogen) atoms. The zero-order valence-electron chi connectivity index (χ0n) is 2.57. The molecule has 18 valence electrons. The van der Waals surface area contributed by atoms with Gasteiger partial charge >= 0.3 is 26.2 Å². The van der Waals surface area contributed by atoms with Crippen molar-refractivity contribution in [2.24, 2.45) is 0 Å². The molecule has 1 aliphatic heterocycles. The molecule has 0 atom stereocenters. The third kappa shape index (κ3) is 0.159. The fourth-order valence-electron chi connectivity index (χ4n) is 0.167. The summed E-state index contributed by atoms with van der Waals surface area (Å²) in [7, 11) is 0. The maximum absolute atomic E-state index is 2.18. The molecule has 0 aromatic rings. The van der Waals surface area contributed by atoms with E-state index in [0.29, 0.717) is 0 Å². The van der Waals surface area contributed by atoms with E-state index in [2.05, 4.69) is 13.6 Å². The van der Waals surface area contributed by atoms with Gasteiger partial charge in [-0.05, 0) is 0 Å². The van der Waals surface area contributed by atoms with Crippen molar-refractivity contribution in [3.8, 4) is 0 Å². The van der Waals surface area contributed by atoms with Gasteiger partial charge in [0, 0.05) is 0 Å². The van der Waals surface area contributed by atoms with E-state index in [9.17, 15) is 0 Å². The van der Waals surface area contributed by atoms with E-state index in [1.54, 1.807) is 0 Å². The van der Waals surface area contributed by atoms with Crippen LogP contribution in [-0.2, 0) is 0 Å². The summed E-state index contributed by atoms with van der Waals surface area (Å²) in [5.41, 5.74) is 0. The second-order valence-electron chi connectivity index (χ2n) is 1.05. The van der Waals surface area contributed by atoms with Crippen molar-refractivity contribution in [2.75, 3.05) is 0 Å². The molecule has 0 spiro atoms. The Labute approximate surface area is 27.3 Å². The van der Waals surface area contributed by atoms with E-state index >= 15 is 0 Å². The van der Waals surface area contributed by atoms with Gasteiger partial charge in [0.2, 0.25) is 0 Å². The average Bonchev–Trinajstić information content (AvgIpc) is 0.722. The molecule has 1 rings (SSSR count). The third-order valence-corrected chi connectivity index (χ3v) is 0.667. The number of hydrogen-bond donors (Lipinski definition) is 0. The van der Waals surface area contributed by atoms with Crippen LogP contribution in [0.25, 0.3) is 0 Å². The molecule has 1 heterocycles. The Bertz CT molecular complexity index is 33.3. The quantitative estimate of drug-likeness (QED) is 0.343. The van der Waals surface area contributed by atoms with Gasteiger partial charge in [-0.3, -0.25) is 0 Å². The summed E-state index contributed by atoms with van der Waals surface area (Å²) in [4.78, 5) is 0. The second kappa shape index (κ2) is 0.832. The second-order valence-corrected chi connectivity index (χ2v) is 1.05. The standard InChI is InChI=1S/C2H4B2/c1-2-4-3-1/h1-2H2. The van der Waals surface area contributed by atoms with E-state index in [-0.39, 0.29) is 0 Å². The van der Waals surface area contributed by atoms with Crippen LogP contribution in [0.15, 0.2) is 0 Å². The van der Waals surface area contributed by atoms with Crippen LogP contribution in [0.5, 0.6) is 0 Å². The molecule has 0 radical (unpaired) electrons. The van der Waals surface area contributed by atoms with E-state index in [1.165, 1.54) is 12.6 Å². The first-order valence-corrected chi connectivity index (χ1v) is 1.65. The predicted molar refractivity (Wildman–Crippen MR) is 21.1 cm³/mol. The Morgan fingerprint density at radius 3 is 1.25 bits per heavy atom. The van der Waals surface area contributed by atoms with Gasteiger partial charge in [0.05, 0.1) is 0 Å². The van der Waals surface area contributed by atoms with Crippen LogP contribution in [0, 0.1) is 0 Å². The molecular weight excluding hydrogens is 45.6 g/mol. The van der Waals surface area contributed by atoms with Gasteiger partial charge in [-0.15, -0.1) is 0 Å². The van der Waals surface area contributed by atoms with Crippen LogP contribution in [-0.4, -0.2) is 13.6 Å². The van der Waals surface area contributed by atoms with Gasteiger partial charge < -0.3 is 0 Å². The van der Waals surface area contributed by atoms with Gasteiger partial charge in [0.15, 0.2) is 0 Å². The van der Waals surface area contributed by atoms with Crippen molar-refractivity contribution in [1.82, 2.24) is 0 Å². The van der Waals surface area contributed by atoms with E-state index in [0.717, 1.165) is 0 Å². The number of hydrogen-bond acceptors (Lipinski definition) is 0. The first kappa shape index (κ1) is 2.37. The zero-order chi connectivity index (χ0) is 2.83. The summed E-state index contributed by atoms with van der Waals surface area (Å²) < 4.78 is 0. The van der Waals surface area contributed by atoms with Crippen LogP contribution >= 0.6 is 0 Å². The molecule has 0 N–H and O–H groups in total. The van der Waals surface area contributed by atoms with Crippen molar-refractivity contribution >= 4 is 13.6 Å². The summed E-state index contributed by atoms with van der Waals surface area (Å²) in [5, 5.41) is 0. The maximum atomic E-state index is 2.18. The van der Waals surface area contributed by atoms with Crippen LogP contribution in [0.4, 0.5) is 0 Å². The van der Waals surface area contributed by atoms with Gasteiger partial charge in [0.25, 0.3) is 0 Å². The Hall–Kier alpha value is 0.130. The molecule has 0 aromatic carbocycles. The van der Waals surface area contributed by atoms with Gasteiger partial charge in [-0.25, -0.2) is 0 Å². The molecule has 0 fully saturated rings. The molecule has 0 unspecified atom stereocenters. The Kier molecular flexibility index (Phi) is 0.494. The molecule has 0 amide bonds. The van der Waals surface area contributed by atoms with Crippen LogP contribution in [0.3, 0.4) is 0 Å². The van der Waals surface area contributed by atoms with Crippen molar-refractivity contribution in [1.29, 1.82) is 0 Å². The monoisotopic (exact) mass is 50.0 g/mol. The molecule has 0 saturated carbocycles. The topological polar surface area (TPSA) is 0 Å². The van der Waals surface area contributed by atoms with Gasteiger partial charge in [0.1, 0.15) is 0 Å². The van der Waals surface area contributed by atoms with Crippen molar-refractivity contribution in [2.45, 2.75) is 12.6 Å². The van der Waals surface area contributed by atoms with Crippen LogP contribution in [0.2, 0.25) is 12.6 Å².